The van der Waals surface area contributed by atoms with Crippen molar-refractivity contribution in [3.05, 3.63) is 174 Å². The fourth-order valence-electron chi connectivity index (χ4n) is 11.4. The van der Waals surface area contributed by atoms with Gasteiger partial charge in [-0.05, 0) is 97.0 Å². The highest BCUT2D eigenvalue weighted by atomic mass is 32.2. The summed E-state index contributed by atoms with van der Waals surface area (Å²) in [5, 5.41) is 4.71. The first-order chi connectivity index (χ1) is 38.5. The van der Waals surface area contributed by atoms with Crippen LogP contribution in [0.25, 0.3) is 21.5 Å². The van der Waals surface area contributed by atoms with Gasteiger partial charge in [0.1, 0.15) is 11.4 Å². The third-order valence-electron chi connectivity index (χ3n) is 15.1. The molecule has 0 aromatic heterocycles. The lowest BCUT2D eigenvalue weighted by Crippen LogP contribution is -2.30. The molecule has 0 spiro atoms. The van der Waals surface area contributed by atoms with Crippen molar-refractivity contribution in [2.45, 2.75) is 91.2 Å². The van der Waals surface area contributed by atoms with Gasteiger partial charge in [-0.25, -0.2) is 0 Å². The predicted molar refractivity (Wildman–Crippen MR) is 320 cm³/mol. The van der Waals surface area contributed by atoms with Crippen molar-refractivity contribution in [3.8, 4) is 0 Å². The monoisotopic (exact) mass is 1220 g/mol. The van der Waals surface area contributed by atoms with Crippen LogP contribution in [0.15, 0.2) is 166 Å². The van der Waals surface area contributed by atoms with Gasteiger partial charge in [0, 0.05) is 90.7 Å². The Balaban J connectivity index is 1.04. The van der Waals surface area contributed by atoms with Gasteiger partial charge >= 0.3 is 0 Å². The Morgan fingerprint density at radius 2 is 1.33 bits per heavy atom. The maximum absolute atomic E-state index is 14.4. The lowest BCUT2D eigenvalue weighted by atomic mass is 9.79. The molecule has 2 heterocycles. The van der Waals surface area contributed by atoms with Gasteiger partial charge in [-0.15, -0.1) is 4.31 Å². The third kappa shape index (κ3) is 13.9. The summed E-state index contributed by atoms with van der Waals surface area (Å²) in [5.74, 6) is -1.04. The summed E-state index contributed by atoms with van der Waals surface area (Å²) >= 11 is -1.63. The molecule has 436 valence electrons. The molecule has 1 amide bonds. The first-order valence-corrected chi connectivity index (χ1v) is 33.7. The number of allylic oxidation sites excluding steroid dienone is 6. The second-order valence-corrected chi connectivity index (χ2v) is 29.0. The Morgan fingerprint density at radius 1 is 0.695 bits per heavy atom. The average Bonchev–Trinajstić information content (AvgIpc) is 2.02. The second-order valence-electron chi connectivity index (χ2n) is 21.5. The van der Waals surface area contributed by atoms with Crippen LogP contribution >= 0.6 is 0 Å². The molecule has 0 saturated carbocycles. The van der Waals surface area contributed by atoms with E-state index in [1.54, 1.807) is 60.5 Å². The zero-order chi connectivity index (χ0) is 59.6. The van der Waals surface area contributed by atoms with E-state index in [1.165, 1.54) is 17.2 Å². The summed E-state index contributed by atoms with van der Waals surface area (Å²) in [6, 6.07) is 34.5. The molecule has 23 heteroatoms. The maximum Gasteiger partial charge on any atom is 0.295 e. The number of amides is 1. The molecule has 82 heavy (non-hydrogen) atoms. The van der Waals surface area contributed by atoms with E-state index in [1.807, 2.05) is 91.2 Å². The molecular formula is C59H67N4O14S5+. The van der Waals surface area contributed by atoms with Crippen LogP contribution in [-0.4, -0.2) is 122 Å². The van der Waals surface area contributed by atoms with E-state index >= 15 is 0 Å². The molecule has 0 saturated heterocycles. The fourth-order valence-corrected chi connectivity index (χ4v) is 15.0. The number of rotatable bonds is 24. The van der Waals surface area contributed by atoms with Crippen LogP contribution in [0.5, 0.6) is 0 Å². The quantitative estimate of drug-likeness (QED) is 0.0163. The van der Waals surface area contributed by atoms with Gasteiger partial charge in [-0.2, -0.15) is 38.2 Å². The van der Waals surface area contributed by atoms with Crippen LogP contribution in [0.4, 0.5) is 11.4 Å². The number of fused-ring (bicyclic) bond motifs is 6. The van der Waals surface area contributed by atoms with Crippen LogP contribution in [0.2, 0.25) is 0 Å². The Bertz CT molecular complexity index is 3980. The van der Waals surface area contributed by atoms with Crippen molar-refractivity contribution in [3.63, 3.8) is 0 Å². The third-order valence-corrected chi connectivity index (χ3v) is 19.9. The van der Waals surface area contributed by atoms with Gasteiger partial charge in [0.25, 0.3) is 40.5 Å². The molecule has 8 rings (SSSR count). The van der Waals surface area contributed by atoms with Crippen molar-refractivity contribution in [1.29, 1.82) is 0 Å². The highest BCUT2D eigenvalue weighted by molar-refractivity contribution is 7.89. The predicted octanol–water partition coefficient (Wildman–Crippen LogP) is 9.29. The van der Waals surface area contributed by atoms with Crippen LogP contribution in [0.1, 0.15) is 88.0 Å². The van der Waals surface area contributed by atoms with Gasteiger partial charge < -0.3 is 14.8 Å². The lowest BCUT2D eigenvalue weighted by molar-refractivity contribution is -0.437. The molecule has 1 unspecified atom stereocenters. The van der Waals surface area contributed by atoms with E-state index in [-0.39, 0.29) is 54.9 Å². The topological polar surface area (TPSA) is 279 Å². The Hall–Kier alpha value is -6.09. The summed E-state index contributed by atoms with van der Waals surface area (Å²) in [5.41, 5.74) is 4.43. The molecule has 0 fully saturated rings. The molecule has 2 aliphatic heterocycles. The van der Waals surface area contributed by atoms with Gasteiger partial charge in [0.15, 0.2) is 10.6 Å². The smallest absolute Gasteiger partial charge is 0.295 e. The fraction of sp³-hybridized carbons (Fsp3) is 0.322. The number of benzene rings is 6. The van der Waals surface area contributed by atoms with Crippen LogP contribution in [0.3, 0.4) is 0 Å². The number of hydrogen-bond acceptors (Lipinski definition) is 12. The molecule has 18 nitrogen and oxygen atoms in total. The standard InChI is InChI=1S/C59H66N4O14S5/c1-58(2)53(25-13-8-14-26-54-59(3,4)57-48-39-43(81(72,73)74)40-52(82(75,76)77)46(48)29-31-50(57)63(54)36-18-38-80(69,70)71)62(35-17-37-79(66,67)68)49-30-28-45-47(56(49)58)23-15-24-51(45)78(65)61(5)34-16-27-55(64)60-33-32-44(41-19-9-6-10-20-41)42-21-11-7-12-22-42/h6-15,19-26,28-31,39-40,44H,16-18,27,32-38H2,1-5H3,(H4-,60,64,66,67,68,69,70,71,72,73,74,75,76,77)/p+1. The van der Waals surface area contributed by atoms with Crippen LogP contribution < -0.4 is 10.2 Å². The first kappa shape index (κ1) is 62.0. The van der Waals surface area contributed by atoms with Crippen molar-refractivity contribution >= 4 is 96.4 Å². The van der Waals surface area contributed by atoms with E-state index in [2.05, 4.69) is 29.6 Å². The van der Waals surface area contributed by atoms with E-state index in [0.717, 1.165) is 40.2 Å². The zero-order valence-corrected chi connectivity index (χ0v) is 50.0. The Labute approximate surface area is 483 Å². The minimum atomic E-state index is -5.02. The van der Waals surface area contributed by atoms with E-state index in [9.17, 15) is 61.2 Å². The van der Waals surface area contributed by atoms with Gasteiger partial charge in [0.05, 0.1) is 33.2 Å². The van der Waals surface area contributed by atoms with Crippen molar-refractivity contribution in [2.24, 2.45) is 0 Å². The van der Waals surface area contributed by atoms with Crippen molar-refractivity contribution in [1.82, 2.24) is 9.62 Å². The van der Waals surface area contributed by atoms with Gasteiger partial charge in [0.2, 0.25) is 11.6 Å². The van der Waals surface area contributed by atoms with Gasteiger partial charge in [-0.1, -0.05) is 111 Å². The number of hydrogen-bond donors (Lipinski definition) is 5. The summed E-state index contributed by atoms with van der Waals surface area (Å²) in [4.78, 5) is 13.9. The van der Waals surface area contributed by atoms with Crippen molar-refractivity contribution in [2.75, 3.05) is 49.6 Å². The van der Waals surface area contributed by atoms with Crippen LogP contribution in [0, 0.1) is 0 Å². The number of nitrogens with one attached hydrogen (secondary N) is 1. The summed E-state index contributed by atoms with van der Waals surface area (Å²) in [6.07, 6.45) is 10.3. The van der Waals surface area contributed by atoms with E-state index < -0.39 is 84.0 Å². The van der Waals surface area contributed by atoms with E-state index in [0.29, 0.717) is 47.4 Å². The minimum absolute atomic E-state index is 0.0285. The normalized spacial score (nSPS) is 16.4. The molecule has 2 aliphatic rings. The average molecular weight is 1220 g/mol. The number of carbonyl (C=O) groups is 1. The highest BCUT2D eigenvalue weighted by Crippen LogP contribution is 2.52. The maximum atomic E-state index is 14.4. The molecule has 0 bridgehead atoms. The van der Waals surface area contributed by atoms with Crippen LogP contribution in [-0.2, 0) is 67.5 Å². The molecule has 5 N–H and O–H groups in total. The van der Waals surface area contributed by atoms with E-state index in [4.69, 9.17) is 0 Å². The van der Waals surface area contributed by atoms with Crippen molar-refractivity contribution < 1.29 is 65.8 Å². The number of nitrogens with zero attached hydrogens (tertiary/aromatic N) is 3. The lowest BCUT2D eigenvalue weighted by Gasteiger charge is -2.27. The minimum Gasteiger partial charge on any atom is -0.593 e. The molecule has 6 aromatic carbocycles. The molecular weight excluding hydrogens is 1150 g/mol. The Morgan fingerprint density at radius 3 is 1.95 bits per heavy atom. The summed E-state index contributed by atoms with van der Waals surface area (Å²) in [7, 11) is -16.9. The summed E-state index contributed by atoms with van der Waals surface area (Å²) in [6.45, 7) is 8.74. The zero-order valence-electron chi connectivity index (χ0n) is 46.0. The molecule has 6 aromatic rings. The summed E-state index contributed by atoms with van der Waals surface area (Å²) < 4.78 is 155. The number of anilines is 1. The highest BCUT2D eigenvalue weighted by Gasteiger charge is 2.46. The molecule has 0 radical (unpaired) electrons. The second kappa shape index (κ2) is 24.6. The SMILES string of the molecule is CN(CCCC(=O)NCCC(c1ccccc1)c1ccccc1)[S+]([O-])c1cccc2c3c(ccc12)[N+](CCCS(=O)(=O)O)=C(/C=C/C=C/C=C1/N(CCCS(=O)(=O)O)c2ccc4c(S(=O)(=O)O)cc(S(=O)(=O)O)cc4c2C1(C)C)C3(C)C. The number of carbonyl (C=O) groups excluding carboxylic acids is 1. The van der Waals surface area contributed by atoms with Gasteiger partial charge in [-0.3, -0.25) is 23.0 Å². The molecule has 1 atom stereocenters. The molecule has 0 aliphatic carbocycles. The first-order valence-electron chi connectivity index (χ1n) is 26.5. The Kier molecular flexibility index (Phi) is 18.6. The largest absolute Gasteiger partial charge is 0.593 e.